The Morgan fingerprint density at radius 3 is 2.71 bits per heavy atom. The van der Waals surface area contributed by atoms with Crippen LogP contribution in [0.15, 0.2) is 54.4 Å². The van der Waals surface area contributed by atoms with E-state index < -0.39 is 0 Å². The molecular formula is C15H14N4OS. The molecule has 21 heavy (non-hydrogen) atoms. The fourth-order valence-corrected chi connectivity index (χ4v) is 2.64. The van der Waals surface area contributed by atoms with Crippen LogP contribution in [0.25, 0.3) is 5.69 Å². The molecule has 0 bridgehead atoms. The van der Waals surface area contributed by atoms with E-state index in [9.17, 15) is 4.79 Å². The molecule has 2 heterocycles. The maximum atomic E-state index is 12.0. The van der Waals surface area contributed by atoms with Crippen molar-refractivity contribution in [2.24, 2.45) is 0 Å². The number of hydrogen-bond acceptors (Lipinski definition) is 4. The van der Waals surface area contributed by atoms with Crippen molar-refractivity contribution >= 4 is 17.2 Å². The van der Waals surface area contributed by atoms with Gasteiger partial charge in [-0.3, -0.25) is 4.79 Å². The van der Waals surface area contributed by atoms with Gasteiger partial charge in [0.2, 0.25) is 0 Å². The molecule has 1 amide bonds. The van der Waals surface area contributed by atoms with E-state index in [0.29, 0.717) is 0 Å². The number of aromatic nitrogens is 3. The summed E-state index contributed by atoms with van der Waals surface area (Å²) in [6, 6.07) is 11.5. The van der Waals surface area contributed by atoms with E-state index >= 15 is 0 Å². The Labute approximate surface area is 126 Å². The Morgan fingerprint density at radius 1 is 1.29 bits per heavy atom. The first-order chi connectivity index (χ1) is 10.2. The molecule has 0 fully saturated rings. The lowest BCUT2D eigenvalue weighted by atomic mass is 10.1. The van der Waals surface area contributed by atoms with Gasteiger partial charge in [0.05, 0.1) is 16.6 Å². The van der Waals surface area contributed by atoms with Crippen molar-refractivity contribution in [2.75, 3.05) is 0 Å². The van der Waals surface area contributed by atoms with Gasteiger partial charge in [-0.15, -0.1) is 11.3 Å². The molecule has 0 aliphatic heterocycles. The summed E-state index contributed by atoms with van der Waals surface area (Å²) >= 11 is 1.44. The Morgan fingerprint density at radius 2 is 2.10 bits per heavy atom. The number of amides is 1. The molecular weight excluding hydrogens is 284 g/mol. The van der Waals surface area contributed by atoms with Gasteiger partial charge >= 0.3 is 0 Å². The van der Waals surface area contributed by atoms with Gasteiger partial charge in [0.1, 0.15) is 12.7 Å². The minimum Gasteiger partial charge on any atom is -0.345 e. The van der Waals surface area contributed by atoms with Crippen LogP contribution in [0.4, 0.5) is 0 Å². The van der Waals surface area contributed by atoms with Crippen LogP contribution in [-0.2, 0) is 0 Å². The smallest absolute Gasteiger partial charge is 0.261 e. The number of hydrogen-bond donors (Lipinski definition) is 1. The SMILES string of the molecule is CC(NC(=O)c1cccs1)c1ccc(-n2cncn2)cc1. The monoisotopic (exact) mass is 298 g/mol. The largest absolute Gasteiger partial charge is 0.345 e. The third kappa shape index (κ3) is 3.00. The summed E-state index contributed by atoms with van der Waals surface area (Å²) in [6.07, 6.45) is 3.15. The summed E-state index contributed by atoms with van der Waals surface area (Å²) < 4.78 is 1.69. The zero-order valence-electron chi connectivity index (χ0n) is 11.4. The van der Waals surface area contributed by atoms with Crippen molar-refractivity contribution < 1.29 is 4.79 Å². The van der Waals surface area contributed by atoms with E-state index in [4.69, 9.17) is 0 Å². The molecule has 6 heteroatoms. The average Bonchev–Trinajstić information content (AvgIpc) is 3.20. The summed E-state index contributed by atoms with van der Waals surface area (Å²) in [6.45, 7) is 1.97. The van der Waals surface area contributed by atoms with Crippen molar-refractivity contribution in [3.8, 4) is 5.69 Å². The van der Waals surface area contributed by atoms with Gasteiger partial charge in [0.15, 0.2) is 0 Å². The van der Waals surface area contributed by atoms with Crippen molar-refractivity contribution in [2.45, 2.75) is 13.0 Å². The van der Waals surface area contributed by atoms with Crippen molar-refractivity contribution in [3.63, 3.8) is 0 Å². The number of nitrogens with one attached hydrogen (secondary N) is 1. The van der Waals surface area contributed by atoms with E-state index in [-0.39, 0.29) is 11.9 Å². The summed E-state index contributed by atoms with van der Waals surface area (Å²) in [7, 11) is 0. The number of nitrogens with zero attached hydrogens (tertiary/aromatic N) is 3. The lowest BCUT2D eigenvalue weighted by Gasteiger charge is -2.14. The first-order valence-corrected chi connectivity index (χ1v) is 7.41. The molecule has 3 rings (SSSR count). The Kier molecular flexibility index (Phi) is 3.79. The minimum atomic E-state index is -0.0515. The zero-order chi connectivity index (χ0) is 14.7. The van der Waals surface area contributed by atoms with Gasteiger partial charge in [-0.1, -0.05) is 18.2 Å². The predicted molar refractivity (Wildman–Crippen MR) is 81.6 cm³/mol. The highest BCUT2D eigenvalue weighted by atomic mass is 32.1. The minimum absolute atomic E-state index is 0.0437. The van der Waals surface area contributed by atoms with E-state index in [2.05, 4.69) is 15.4 Å². The first kappa shape index (κ1) is 13.5. The number of carbonyl (C=O) groups excluding carboxylic acids is 1. The van der Waals surface area contributed by atoms with Crippen LogP contribution in [0.1, 0.15) is 28.2 Å². The summed E-state index contributed by atoms with van der Waals surface area (Å²) in [5.41, 5.74) is 1.98. The second kappa shape index (κ2) is 5.88. The van der Waals surface area contributed by atoms with Crippen LogP contribution in [0.5, 0.6) is 0 Å². The normalized spacial score (nSPS) is 12.0. The zero-order valence-corrected chi connectivity index (χ0v) is 12.2. The fraction of sp³-hybridized carbons (Fsp3) is 0.133. The molecule has 1 aromatic carbocycles. The Balaban J connectivity index is 1.70. The molecule has 5 nitrogen and oxygen atoms in total. The molecule has 1 N–H and O–H groups in total. The van der Waals surface area contributed by atoms with Gasteiger partial charge in [0, 0.05) is 0 Å². The molecule has 3 aromatic rings. The number of thiophene rings is 1. The highest BCUT2D eigenvalue weighted by Crippen LogP contribution is 2.17. The van der Waals surface area contributed by atoms with Crippen molar-refractivity contribution in [1.82, 2.24) is 20.1 Å². The number of benzene rings is 1. The van der Waals surface area contributed by atoms with Crippen LogP contribution in [0, 0.1) is 0 Å². The molecule has 0 saturated heterocycles. The van der Waals surface area contributed by atoms with Crippen molar-refractivity contribution in [3.05, 3.63) is 64.9 Å². The van der Waals surface area contributed by atoms with E-state index in [1.54, 1.807) is 11.0 Å². The fourth-order valence-electron chi connectivity index (χ4n) is 2.02. The molecule has 106 valence electrons. The topological polar surface area (TPSA) is 59.8 Å². The number of carbonyl (C=O) groups is 1. The average molecular weight is 298 g/mol. The summed E-state index contributed by atoms with van der Waals surface area (Å²) in [5.74, 6) is -0.0437. The van der Waals surface area contributed by atoms with Crippen LogP contribution in [0.3, 0.4) is 0 Å². The van der Waals surface area contributed by atoms with E-state index in [1.165, 1.54) is 17.7 Å². The van der Waals surface area contributed by atoms with Gasteiger partial charge in [-0.05, 0) is 36.1 Å². The summed E-state index contributed by atoms with van der Waals surface area (Å²) in [4.78, 5) is 16.7. The third-order valence-electron chi connectivity index (χ3n) is 3.17. The molecule has 0 aliphatic rings. The van der Waals surface area contributed by atoms with Gasteiger partial charge in [0.25, 0.3) is 5.91 Å². The highest BCUT2D eigenvalue weighted by Gasteiger charge is 2.12. The third-order valence-corrected chi connectivity index (χ3v) is 4.04. The second-order valence-corrected chi connectivity index (χ2v) is 5.55. The molecule has 0 radical (unpaired) electrons. The molecule has 1 atom stereocenters. The van der Waals surface area contributed by atoms with Gasteiger partial charge in [-0.25, -0.2) is 9.67 Å². The first-order valence-electron chi connectivity index (χ1n) is 6.53. The van der Waals surface area contributed by atoms with Gasteiger partial charge in [-0.2, -0.15) is 5.10 Å². The lowest BCUT2D eigenvalue weighted by Crippen LogP contribution is -2.25. The van der Waals surface area contributed by atoms with Crippen molar-refractivity contribution in [1.29, 1.82) is 0 Å². The standard InChI is InChI=1S/C15H14N4OS/c1-11(18-15(20)14-3-2-8-21-14)12-4-6-13(7-5-12)19-10-16-9-17-19/h2-11H,1H3,(H,18,20). The summed E-state index contributed by atoms with van der Waals surface area (Å²) in [5, 5.41) is 8.97. The second-order valence-electron chi connectivity index (χ2n) is 4.60. The van der Waals surface area contributed by atoms with Gasteiger partial charge < -0.3 is 5.32 Å². The molecule has 1 unspecified atom stereocenters. The maximum Gasteiger partial charge on any atom is 0.261 e. The molecule has 0 spiro atoms. The van der Waals surface area contributed by atoms with Crippen LogP contribution in [-0.4, -0.2) is 20.7 Å². The Bertz CT molecular complexity index is 705. The lowest BCUT2D eigenvalue weighted by molar-refractivity contribution is 0.0944. The molecule has 0 saturated carbocycles. The number of rotatable bonds is 4. The Hall–Kier alpha value is -2.47. The van der Waals surface area contributed by atoms with Crippen LogP contribution >= 0.6 is 11.3 Å². The van der Waals surface area contributed by atoms with Crippen LogP contribution in [0.2, 0.25) is 0 Å². The quantitative estimate of drug-likeness (QED) is 0.805. The molecule has 2 aromatic heterocycles. The highest BCUT2D eigenvalue weighted by molar-refractivity contribution is 7.12. The van der Waals surface area contributed by atoms with E-state index in [0.717, 1.165) is 16.1 Å². The molecule has 0 aliphatic carbocycles. The van der Waals surface area contributed by atoms with Crippen LogP contribution < -0.4 is 5.32 Å². The maximum absolute atomic E-state index is 12.0. The predicted octanol–water partition coefficient (Wildman–Crippen LogP) is 2.82. The van der Waals surface area contributed by atoms with E-state index in [1.807, 2.05) is 48.7 Å².